The van der Waals surface area contributed by atoms with E-state index >= 15 is 0 Å². The van der Waals surface area contributed by atoms with Crippen LogP contribution in [0.3, 0.4) is 0 Å². The Labute approximate surface area is 91.4 Å². The summed E-state index contributed by atoms with van der Waals surface area (Å²) in [6, 6.07) is 7.65. The van der Waals surface area contributed by atoms with Gasteiger partial charge in [0.2, 0.25) is 4.80 Å². The fourth-order valence-corrected chi connectivity index (χ4v) is 1.97. The number of hydrogen-bond donors (Lipinski definition) is 1. The van der Waals surface area contributed by atoms with Crippen LogP contribution in [0.5, 0.6) is 5.75 Å². The molecule has 1 heterocycles. The van der Waals surface area contributed by atoms with Crippen LogP contribution in [0.1, 0.15) is 0 Å². The van der Waals surface area contributed by atoms with Crippen molar-refractivity contribution >= 4 is 11.5 Å². The monoisotopic (exact) mass is 221 g/mol. The summed E-state index contributed by atoms with van der Waals surface area (Å²) in [6.45, 7) is 0. The Balaban J connectivity index is 2.45. The van der Waals surface area contributed by atoms with Crippen LogP contribution in [0, 0.1) is 5.41 Å². The highest BCUT2D eigenvalue weighted by molar-refractivity contribution is 7.03. The highest BCUT2D eigenvalue weighted by Crippen LogP contribution is 2.20. The Hall–Kier alpha value is -1.62. The molecule has 1 aromatic carbocycles. The van der Waals surface area contributed by atoms with E-state index in [9.17, 15) is 0 Å². The molecule has 0 aliphatic carbocycles. The molecular weight excluding hydrogens is 210 g/mol. The molecule has 0 atom stereocenters. The molecule has 4 nitrogen and oxygen atoms in total. The minimum absolute atomic E-state index is 0.323. The standard InChI is InChI=1S/C10H11N3OS/c1-13-9(12-10(11)15-13)7-3-5-8(14-2)6-4-7/h3-6,11H,1-2H3. The van der Waals surface area contributed by atoms with Gasteiger partial charge in [0.05, 0.1) is 7.11 Å². The summed E-state index contributed by atoms with van der Waals surface area (Å²) >= 11 is 1.31. The van der Waals surface area contributed by atoms with Gasteiger partial charge in [0.25, 0.3) is 0 Å². The van der Waals surface area contributed by atoms with E-state index in [1.807, 2.05) is 35.3 Å². The number of ether oxygens (including phenoxy) is 1. The summed E-state index contributed by atoms with van der Waals surface area (Å²) in [7, 11) is 3.54. The zero-order valence-corrected chi connectivity index (χ0v) is 9.34. The third-order valence-electron chi connectivity index (χ3n) is 2.08. The number of nitrogens with one attached hydrogen (secondary N) is 1. The van der Waals surface area contributed by atoms with Gasteiger partial charge in [-0.25, -0.2) is 0 Å². The zero-order valence-electron chi connectivity index (χ0n) is 8.52. The van der Waals surface area contributed by atoms with Crippen LogP contribution in [0.2, 0.25) is 0 Å². The van der Waals surface area contributed by atoms with Crippen molar-refractivity contribution < 1.29 is 4.74 Å². The number of rotatable bonds is 2. The molecule has 2 rings (SSSR count). The second kappa shape index (κ2) is 3.86. The molecule has 0 fully saturated rings. The number of benzene rings is 1. The fourth-order valence-electron chi connectivity index (χ4n) is 1.35. The Morgan fingerprint density at radius 2 is 2.00 bits per heavy atom. The van der Waals surface area contributed by atoms with Crippen molar-refractivity contribution in [2.75, 3.05) is 7.11 Å². The van der Waals surface area contributed by atoms with Gasteiger partial charge in [-0.3, -0.25) is 9.37 Å². The van der Waals surface area contributed by atoms with E-state index in [1.54, 1.807) is 7.11 Å². The molecule has 0 radical (unpaired) electrons. The average Bonchev–Trinajstić information content (AvgIpc) is 2.58. The third-order valence-corrected chi connectivity index (χ3v) is 2.79. The molecule has 78 valence electrons. The predicted octanol–water partition coefficient (Wildman–Crippen LogP) is 1.64. The van der Waals surface area contributed by atoms with E-state index in [0.717, 1.165) is 17.1 Å². The van der Waals surface area contributed by atoms with Crippen LogP contribution in [0.15, 0.2) is 24.3 Å². The van der Waals surface area contributed by atoms with Crippen molar-refractivity contribution in [2.45, 2.75) is 0 Å². The third kappa shape index (κ3) is 1.92. The van der Waals surface area contributed by atoms with Crippen LogP contribution in [0.4, 0.5) is 0 Å². The maximum Gasteiger partial charge on any atom is 0.219 e. The summed E-state index contributed by atoms with van der Waals surface area (Å²) < 4.78 is 6.96. The number of nitrogens with zero attached hydrogens (tertiary/aromatic N) is 2. The largest absolute Gasteiger partial charge is 0.497 e. The van der Waals surface area contributed by atoms with E-state index < -0.39 is 0 Å². The minimum atomic E-state index is 0.323. The van der Waals surface area contributed by atoms with Crippen LogP contribution in [-0.4, -0.2) is 16.1 Å². The van der Waals surface area contributed by atoms with Crippen molar-refractivity contribution in [1.29, 1.82) is 5.41 Å². The first-order valence-corrected chi connectivity index (χ1v) is 5.21. The maximum atomic E-state index is 7.45. The molecule has 0 unspecified atom stereocenters. The quantitative estimate of drug-likeness (QED) is 0.838. The Kier molecular flexibility index (Phi) is 2.55. The van der Waals surface area contributed by atoms with Gasteiger partial charge in [-0.05, 0) is 35.8 Å². The molecule has 0 aliphatic rings. The van der Waals surface area contributed by atoms with Gasteiger partial charge in [0.1, 0.15) is 5.75 Å². The minimum Gasteiger partial charge on any atom is -0.497 e. The van der Waals surface area contributed by atoms with Crippen molar-refractivity contribution in [3.63, 3.8) is 0 Å². The number of methoxy groups -OCH3 is 1. The van der Waals surface area contributed by atoms with E-state index in [2.05, 4.69) is 4.98 Å². The molecule has 0 saturated carbocycles. The second-order valence-electron chi connectivity index (χ2n) is 3.06. The normalized spacial score (nSPS) is 10.3. The van der Waals surface area contributed by atoms with E-state index in [1.165, 1.54) is 11.5 Å². The SMILES string of the molecule is COc1ccc(-c2nc(=N)sn2C)cc1. The lowest BCUT2D eigenvalue weighted by molar-refractivity contribution is 0.415. The number of aryl methyl sites for hydroxylation is 1. The van der Waals surface area contributed by atoms with Gasteiger partial charge in [0, 0.05) is 12.6 Å². The lowest BCUT2D eigenvalue weighted by Crippen LogP contribution is -1.93. The van der Waals surface area contributed by atoms with Crippen LogP contribution in [-0.2, 0) is 7.05 Å². The first kappa shape index (κ1) is 9.92. The fraction of sp³-hybridized carbons (Fsp3) is 0.200. The van der Waals surface area contributed by atoms with Crippen molar-refractivity contribution in [3.05, 3.63) is 29.1 Å². The van der Waals surface area contributed by atoms with E-state index in [-0.39, 0.29) is 0 Å². The molecule has 0 saturated heterocycles. The van der Waals surface area contributed by atoms with Crippen LogP contribution < -0.4 is 9.54 Å². The molecule has 15 heavy (non-hydrogen) atoms. The molecule has 0 amide bonds. The smallest absolute Gasteiger partial charge is 0.219 e. The van der Waals surface area contributed by atoms with Crippen LogP contribution >= 0.6 is 11.5 Å². The van der Waals surface area contributed by atoms with E-state index in [4.69, 9.17) is 10.1 Å². The van der Waals surface area contributed by atoms with E-state index in [0.29, 0.717) is 4.80 Å². The van der Waals surface area contributed by atoms with Crippen molar-refractivity contribution in [1.82, 2.24) is 8.94 Å². The first-order valence-electron chi connectivity index (χ1n) is 4.44. The Bertz CT molecular complexity index is 512. The summed E-state index contributed by atoms with van der Waals surface area (Å²) in [5.41, 5.74) is 0.994. The zero-order chi connectivity index (χ0) is 10.8. The number of hydrogen-bond acceptors (Lipinski definition) is 4. The lowest BCUT2D eigenvalue weighted by atomic mass is 10.2. The average molecular weight is 221 g/mol. The van der Waals surface area contributed by atoms with Gasteiger partial charge < -0.3 is 4.74 Å². The highest BCUT2D eigenvalue weighted by atomic mass is 32.1. The summed E-state index contributed by atoms with van der Waals surface area (Å²) in [4.78, 5) is 4.47. The predicted molar refractivity (Wildman–Crippen MR) is 58.9 cm³/mol. The molecule has 2 aromatic rings. The lowest BCUT2D eigenvalue weighted by Gasteiger charge is -2.02. The number of aromatic nitrogens is 2. The van der Waals surface area contributed by atoms with Gasteiger partial charge in [-0.1, -0.05) is 0 Å². The topological polar surface area (TPSA) is 50.9 Å². The molecule has 0 bridgehead atoms. The highest BCUT2D eigenvalue weighted by Gasteiger charge is 2.04. The molecule has 0 aliphatic heterocycles. The summed E-state index contributed by atoms with van der Waals surface area (Å²) in [6.07, 6.45) is 0. The Morgan fingerprint density at radius 3 is 2.47 bits per heavy atom. The molecule has 5 heteroatoms. The van der Waals surface area contributed by atoms with Crippen LogP contribution in [0.25, 0.3) is 11.4 Å². The molecule has 0 spiro atoms. The molecule has 1 aromatic heterocycles. The first-order chi connectivity index (χ1) is 7.20. The van der Waals surface area contributed by atoms with Gasteiger partial charge in [-0.15, -0.1) is 0 Å². The van der Waals surface area contributed by atoms with Gasteiger partial charge in [-0.2, -0.15) is 4.98 Å². The van der Waals surface area contributed by atoms with Crippen molar-refractivity contribution in [3.8, 4) is 17.1 Å². The van der Waals surface area contributed by atoms with Gasteiger partial charge in [0.15, 0.2) is 5.82 Å². The Morgan fingerprint density at radius 1 is 1.33 bits per heavy atom. The molecule has 1 N–H and O–H groups in total. The second-order valence-corrected chi connectivity index (χ2v) is 4.17. The summed E-state index contributed by atoms with van der Waals surface area (Å²) in [5, 5.41) is 7.45. The maximum absolute atomic E-state index is 7.45. The van der Waals surface area contributed by atoms with Crippen molar-refractivity contribution in [2.24, 2.45) is 7.05 Å². The van der Waals surface area contributed by atoms with Gasteiger partial charge >= 0.3 is 0 Å². The summed E-state index contributed by atoms with van der Waals surface area (Å²) in [5.74, 6) is 1.63. The molecular formula is C10H11N3OS.